The maximum Gasteiger partial charge on any atom is 0.0945 e. The molecule has 102 valence electrons. The minimum atomic E-state index is -0.521. The highest BCUT2D eigenvalue weighted by Gasteiger charge is 2.09. The number of halogens is 2. The lowest BCUT2D eigenvalue weighted by Gasteiger charge is -2.17. The predicted octanol–water partition coefficient (Wildman–Crippen LogP) is 3.72. The number of aliphatic hydroxyl groups excluding tert-OH is 1. The van der Waals surface area contributed by atoms with Crippen LogP contribution in [0.4, 0.5) is 5.69 Å². The first-order valence-electron chi connectivity index (χ1n) is 5.89. The number of benzene rings is 1. The first-order valence-corrected chi connectivity index (χ1v) is 7.48. The number of hydrogen-bond donors (Lipinski definition) is 2. The van der Waals surface area contributed by atoms with Gasteiger partial charge in [0.25, 0.3) is 0 Å². The Morgan fingerprint density at radius 3 is 2.33 bits per heavy atom. The molecule has 0 fully saturated rings. The standard InChI is InChI=1S/C13H19Br2NO2/c1-8(2)18-7-10(17)6-16-13-11(14)4-9(3)5-12(13)15/h4-5,8,10,16-17H,6-7H2,1-3H3. The van der Waals surface area contributed by atoms with E-state index in [2.05, 4.69) is 37.2 Å². The molecule has 0 spiro atoms. The molecule has 0 heterocycles. The topological polar surface area (TPSA) is 41.5 Å². The van der Waals surface area contributed by atoms with Crippen molar-refractivity contribution < 1.29 is 9.84 Å². The lowest BCUT2D eigenvalue weighted by molar-refractivity contribution is 0.0112. The molecule has 5 heteroatoms. The van der Waals surface area contributed by atoms with E-state index in [0.29, 0.717) is 13.2 Å². The third kappa shape index (κ3) is 5.26. The zero-order chi connectivity index (χ0) is 13.7. The fraction of sp³-hybridized carbons (Fsp3) is 0.538. The van der Waals surface area contributed by atoms with Crippen molar-refractivity contribution in [2.45, 2.75) is 33.0 Å². The molecule has 0 aliphatic rings. The first-order chi connectivity index (χ1) is 8.40. The van der Waals surface area contributed by atoms with Crippen LogP contribution in [0.3, 0.4) is 0 Å². The molecule has 1 aromatic rings. The molecule has 0 radical (unpaired) electrons. The Labute approximate surface area is 125 Å². The van der Waals surface area contributed by atoms with Gasteiger partial charge in [-0.2, -0.15) is 0 Å². The molecule has 1 unspecified atom stereocenters. The van der Waals surface area contributed by atoms with E-state index in [1.54, 1.807) is 0 Å². The van der Waals surface area contributed by atoms with Crippen molar-refractivity contribution in [3.63, 3.8) is 0 Å². The molecule has 0 saturated carbocycles. The maximum absolute atomic E-state index is 9.78. The van der Waals surface area contributed by atoms with Crippen molar-refractivity contribution in [3.05, 3.63) is 26.6 Å². The highest BCUT2D eigenvalue weighted by Crippen LogP contribution is 2.32. The number of anilines is 1. The summed E-state index contributed by atoms with van der Waals surface area (Å²) in [5.74, 6) is 0. The zero-order valence-electron chi connectivity index (χ0n) is 10.8. The SMILES string of the molecule is Cc1cc(Br)c(NCC(O)COC(C)C)c(Br)c1. The molecule has 0 amide bonds. The van der Waals surface area contributed by atoms with Gasteiger partial charge in [-0.3, -0.25) is 0 Å². The molecule has 1 atom stereocenters. The van der Waals surface area contributed by atoms with Crippen molar-refractivity contribution in [2.75, 3.05) is 18.5 Å². The van der Waals surface area contributed by atoms with Crippen LogP contribution < -0.4 is 5.32 Å². The van der Waals surface area contributed by atoms with Crippen LogP contribution in [0.2, 0.25) is 0 Å². The fourth-order valence-corrected chi connectivity index (χ4v) is 3.15. The molecule has 0 aliphatic carbocycles. The van der Waals surface area contributed by atoms with Gasteiger partial charge in [0.15, 0.2) is 0 Å². The molecule has 1 aromatic carbocycles. The average Bonchev–Trinajstić information content (AvgIpc) is 2.24. The highest BCUT2D eigenvalue weighted by atomic mass is 79.9. The van der Waals surface area contributed by atoms with Gasteiger partial charge in [-0.25, -0.2) is 0 Å². The second-order valence-electron chi connectivity index (χ2n) is 4.52. The van der Waals surface area contributed by atoms with Crippen LogP contribution in [0.15, 0.2) is 21.1 Å². The molecule has 0 aliphatic heterocycles. The van der Waals surface area contributed by atoms with Gasteiger partial charge in [0.05, 0.1) is 24.5 Å². The second kappa shape index (κ2) is 7.48. The summed E-state index contributed by atoms with van der Waals surface area (Å²) in [5, 5.41) is 13.0. The summed E-state index contributed by atoms with van der Waals surface area (Å²) in [6.07, 6.45) is -0.384. The van der Waals surface area contributed by atoms with E-state index >= 15 is 0 Å². The minimum Gasteiger partial charge on any atom is -0.389 e. The Morgan fingerprint density at radius 2 is 1.83 bits per heavy atom. The van der Waals surface area contributed by atoms with Gasteiger partial charge in [-0.1, -0.05) is 0 Å². The number of ether oxygens (including phenoxy) is 1. The lowest BCUT2D eigenvalue weighted by Crippen LogP contribution is -2.26. The Bertz CT molecular complexity index is 374. The Kier molecular flexibility index (Phi) is 6.63. The van der Waals surface area contributed by atoms with Gasteiger partial charge >= 0.3 is 0 Å². The van der Waals surface area contributed by atoms with Crippen molar-refractivity contribution in [3.8, 4) is 0 Å². The van der Waals surface area contributed by atoms with Gasteiger partial charge in [-0.15, -0.1) is 0 Å². The number of aliphatic hydroxyl groups is 1. The summed E-state index contributed by atoms with van der Waals surface area (Å²) in [7, 11) is 0. The van der Waals surface area contributed by atoms with E-state index in [4.69, 9.17) is 4.74 Å². The molecular formula is C13H19Br2NO2. The molecule has 3 nitrogen and oxygen atoms in total. The third-order valence-electron chi connectivity index (χ3n) is 2.32. The van der Waals surface area contributed by atoms with Crippen molar-refractivity contribution >= 4 is 37.5 Å². The Hall–Kier alpha value is -0.100. The summed E-state index contributed by atoms with van der Waals surface area (Å²) >= 11 is 7.01. The zero-order valence-corrected chi connectivity index (χ0v) is 14.0. The van der Waals surface area contributed by atoms with Crippen LogP contribution in [-0.2, 0) is 4.74 Å². The lowest BCUT2D eigenvalue weighted by atomic mass is 10.2. The van der Waals surface area contributed by atoms with E-state index in [1.165, 1.54) is 5.56 Å². The molecule has 0 bridgehead atoms. The normalized spacial score (nSPS) is 12.8. The van der Waals surface area contributed by atoms with Crippen molar-refractivity contribution in [2.24, 2.45) is 0 Å². The van der Waals surface area contributed by atoms with Gasteiger partial charge in [0.1, 0.15) is 0 Å². The minimum absolute atomic E-state index is 0.137. The summed E-state index contributed by atoms with van der Waals surface area (Å²) in [6, 6.07) is 4.06. The Morgan fingerprint density at radius 1 is 1.28 bits per heavy atom. The molecule has 0 aromatic heterocycles. The number of nitrogens with one attached hydrogen (secondary N) is 1. The van der Waals surface area contributed by atoms with E-state index in [-0.39, 0.29) is 6.10 Å². The van der Waals surface area contributed by atoms with Gasteiger partial charge < -0.3 is 15.2 Å². The predicted molar refractivity (Wildman–Crippen MR) is 82.2 cm³/mol. The number of rotatable bonds is 6. The third-order valence-corrected chi connectivity index (χ3v) is 3.57. The summed E-state index contributed by atoms with van der Waals surface area (Å²) < 4.78 is 7.31. The van der Waals surface area contributed by atoms with Crippen LogP contribution >= 0.6 is 31.9 Å². The van der Waals surface area contributed by atoms with Crippen LogP contribution in [0.25, 0.3) is 0 Å². The Balaban J connectivity index is 2.53. The van der Waals surface area contributed by atoms with E-state index in [0.717, 1.165) is 14.6 Å². The van der Waals surface area contributed by atoms with E-state index in [9.17, 15) is 5.11 Å². The molecular weight excluding hydrogens is 362 g/mol. The molecule has 0 saturated heterocycles. The van der Waals surface area contributed by atoms with Gasteiger partial charge in [0, 0.05) is 15.5 Å². The smallest absolute Gasteiger partial charge is 0.0945 e. The van der Waals surface area contributed by atoms with E-state index < -0.39 is 6.10 Å². The largest absolute Gasteiger partial charge is 0.389 e. The summed E-state index contributed by atoms with van der Waals surface area (Å²) in [5.41, 5.74) is 2.12. The number of hydrogen-bond acceptors (Lipinski definition) is 3. The monoisotopic (exact) mass is 379 g/mol. The maximum atomic E-state index is 9.78. The molecule has 18 heavy (non-hydrogen) atoms. The number of aryl methyl sites for hydroxylation is 1. The molecule has 1 rings (SSSR count). The molecule has 2 N–H and O–H groups in total. The van der Waals surface area contributed by atoms with Crippen molar-refractivity contribution in [1.29, 1.82) is 0 Å². The van der Waals surface area contributed by atoms with Crippen LogP contribution in [-0.4, -0.2) is 30.5 Å². The highest BCUT2D eigenvalue weighted by molar-refractivity contribution is 9.11. The quantitative estimate of drug-likeness (QED) is 0.790. The summed E-state index contributed by atoms with van der Waals surface area (Å²) in [4.78, 5) is 0. The first kappa shape index (κ1) is 16.0. The van der Waals surface area contributed by atoms with E-state index in [1.807, 2.05) is 32.9 Å². The summed E-state index contributed by atoms with van der Waals surface area (Å²) in [6.45, 7) is 6.73. The van der Waals surface area contributed by atoms with Crippen LogP contribution in [0, 0.1) is 6.92 Å². The van der Waals surface area contributed by atoms with Crippen LogP contribution in [0.5, 0.6) is 0 Å². The second-order valence-corrected chi connectivity index (χ2v) is 6.23. The van der Waals surface area contributed by atoms with Gasteiger partial charge in [-0.05, 0) is 70.3 Å². The van der Waals surface area contributed by atoms with Crippen LogP contribution in [0.1, 0.15) is 19.4 Å². The van der Waals surface area contributed by atoms with Crippen molar-refractivity contribution in [1.82, 2.24) is 0 Å². The fourth-order valence-electron chi connectivity index (χ4n) is 1.45. The van der Waals surface area contributed by atoms with Gasteiger partial charge in [0.2, 0.25) is 0 Å². The average molecular weight is 381 g/mol.